The lowest BCUT2D eigenvalue weighted by Crippen LogP contribution is -2.24. The molecule has 2 aromatic carbocycles. The van der Waals surface area contributed by atoms with Gasteiger partial charge in [-0.25, -0.2) is 0 Å². The third kappa shape index (κ3) is 6.36. The van der Waals surface area contributed by atoms with Gasteiger partial charge in [0.05, 0.1) is 24.9 Å². The Kier molecular flexibility index (Phi) is 8.01. The van der Waals surface area contributed by atoms with Crippen molar-refractivity contribution in [1.82, 2.24) is 19.7 Å². The van der Waals surface area contributed by atoms with E-state index in [1.807, 2.05) is 56.3 Å². The summed E-state index contributed by atoms with van der Waals surface area (Å²) in [5, 5.41) is 12.4. The summed E-state index contributed by atoms with van der Waals surface area (Å²) in [7, 11) is 0. The van der Waals surface area contributed by atoms with Gasteiger partial charge in [0.2, 0.25) is 5.91 Å². The first-order valence-corrected chi connectivity index (χ1v) is 12.4. The minimum absolute atomic E-state index is 0.0699. The van der Waals surface area contributed by atoms with Crippen LogP contribution >= 0.6 is 11.8 Å². The van der Waals surface area contributed by atoms with Crippen LogP contribution in [0.4, 0.5) is 5.69 Å². The SMILES string of the molecule is CCOc1ccc(NC(=O)C(C)Sc2nnc(CN3CCCC3)n2Cc2ccccc2)cc1. The number of thioether (sulfide) groups is 1. The van der Waals surface area contributed by atoms with Gasteiger partial charge in [-0.1, -0.05) is 42.1 Å². The fourth-order valence-corrected chi connectivity index (χ4v) is 4.71. The van der Waals surface area contributed by atoms with Gasteiger partial charge in [0.15, 0.2) is 5.16 Å². The Labute approximate surface area is 199 Å². The second-order valence-electron chi connectivity index (χ2n) is 8.16. The van der Waals surface area contributed by atoms with Crippen molar-refractivity contribution in [3.8, 4) is 5.75 Å². The van der Waals surface area contributed by atoms with Gasteiger partial charge in [0, 0.05) is 5.69 Å². The van der Waals surface area contributed by atoms with E-state index < -0.39 is 0 Å². The molecule has 1 saturated heterocycles. The van der Waals surface area contributed by atoms with Gasteiger partial charge < -0.3 is 14.6 Å². The quantitative estimate of drug-likeness (QED) is 0.446. The van der Waals surface area contributed by atoms with E-state index in [-0.39, 0.29) is 11.2 Å². The molecule has 3 aromatic rings. The van der Waals surface area contributed by atoms with Crippen molar-refractivity contribution in [2.24, 2.45) is 0 Å². The van der Waals surface area contributed by atoms with Crippen LogP contribution in [0.3, 0.4) is 0 Å². The number of carbonyl (C=O) groups excluding carboxylic acids is 1. The van der Waals surface area contributed by atoms with E-state index in [0.717, 1.165) is 42.1 Å². The summed E-state index contributed by atoms with van der Waals surface area (Å²) in [5.74, 6) is 1.67. The number of nitrogens with one attached hydrogen (secondary N) is 1. The molecule has 1 N–H and O–H groups in total. The predicted octanol–water partition coefficient (Wildman–Crippen LogP) is 4.44. The van der Waals surface area contributed by atoms with E-state index in [1.165, 1.54) is 30.2 Å². The number of amides is 1. The third-order valence-corrected chi connectivity index (χ3v) is 6.71. The molecule has 0 bridgehead atoms. The van der Waals surface area contributed by atoms with Crippen molar-refractivity contribution in [2.45, 2.75) is 50.2 Å². The smallest absolute Gasteiger partial charge is 0.237 e. The summed E-state index contributed by atoms with van der Waals surface area (Å²) in [6.45, 7) is 8.13. The Morgan fingerprint density at radius 3 is 2.48 bits per heavy atom. The summed E-state index contributed by atoms with van der Waals surface area (Å²) in [4.78, 5) is 15.3. The highest BCUT2D eigenvalue weighted by Gasteiger charge is 2.22. The first-order chi connectivity index (χ1) is 16.1. The molecule has 1 amide bonds. The molecule has 0 radical (unpaired) electrons. The topological polar surface area (TPSA) is 72.3 Å². The maximum Gasteiger partial charge on any atom is 0.237 e. The van der Waals surface area contributed by atoms with Crippen molar-refractivity contribution in [1.29, 1.82) is 0 Å². The Balaban J connectivity index is 1.46. The van der Waals surface area contributed by atoms with Crippen LogP contribution in [0.2, 0.25) is 0 Å². The molecular formula is C25H31N5O2S. The average molecular weight is 466 g/mol. The number of nitrogens with zero attached hydrogens (tertiary/aromatic N) is 4. The second-order valence-corrected chi connectivity index (χ2v) is 9.47. The molecule has 1 unspecified atom stereocenters. The number of ether oxygens (including phenoxy) is 1. The number of hydrogen-bond donors (Lipinski definition) is 1. The van der Waals surface area contributed by atoms with E-state index in [0.29, 0.717) is 13.2 Å². The Bertz CT molecular complexity index is 1030. The normalized spacial score (nSPS) is 14.8. The number of rotatable bonds is 10. The van der Waals surface area contributed by atoms with Crippen LogP contribution in [0.1, 0.15) is 38.1 Å². The van der Waals surface area contributed by atoms with Crippen molar-refractivity contribution >= 4 is 23.4 Å². The molecule has 0 spiro atoms. The molecule has 4 rings (SSSR count). The summed E-state index contributed by atoms with van der Waals surface area (Å²) >= 11 is 1.44. The number of benzene rings is 2. The van der Waals surface area contributed by atoms with Gasteiger partial charge in [0.25, 0.3) is 0 Å². The zero-order valence-corrected chi connectivity index (χ0v) is 20.1. The second kappa shape index (κ2) is 11.3. The van der Waals surface area contributed by atoms with E-state index >= 15 is 0 Å². The van der Waals surface area contributed by atoms with Crippen LogP contribution in [0, 0.1) is 0 Å². The summed E-state index contributed by atoms with van der Waals surface area (Å²) in [5.41, 5.74) is 1.93. The molecule has 2 heterocycles. The third-order valence-electron chi connectivity index (χ3n) is 5.62. The van der Waals surface area contributed by atoms with Crippen LogP contribution in [0.15, 0.2) is 59.8 Å². The molecule has 0 aliphatic carbocycles. The Morgan fingerprint density at radius 2 is 1.79 bits per heavy atom. The largest absolute Gasteiger partial charge is 0.494 e. The van der Waals surface area contributed by atoms with Crippen molar-refractivity contribution in [2.75, 3.05) is 25.0 Å². The van der Waals surface area contributed by atoms with Crippen LogP contribution in [0.5, 0.6) is 5.75 Å². The number of anilines is 1. The molecule has 0 saturated carbocycles. The van der Waals surface area contributed by atoms with Gasteiger partial charge in [-0.2, -0.15) is 0 Å². The molecule has 1 aromatic heterocycles. The van der Waals surface area contributed by atoms with Crippen molar-refractivity contribution < 1.29 is 9.53 Å². The molecular weight excluding hydrogens is 434 g/mol. The van der Waals surface area contributed by atoms with Gasteiger partial charge in [0.1, 0.15) is 11.6 Å². The zero-order chi connectivity index (χ0) is 23.0. The van der Waals surface area contributed by atoms with Gasteiger partial charge in [-0.3, -0.25) is 9.69 Å². The number of aromatic nitrogens is 3. The number of hydrogen-bond acceptors (Lipinski definition) is 6. The number of likely N-dealkylation sites (tertiary alicyclic amines) is 1. The van der Waals surface area contributed by atoms with Crippen molar-refractivity contribution in [3.05, 3.63) is 66.0 Å². The minimum atomic E-state index is -0.324. The van der Waals surface area contributed by atoms with Crippen LogP contribution in [-0.2, 0) is 17.9 Å². The summed E-state index contributed by atoms with van der Waals surface area (Å²) in [6.07, 6.45) is 2.47. The average Bonchev–Trinajstić information content (AvgIpc) is 3.47. The monoisotopic (exact) mass is 465 g/mol. The molecule has 33 heavy (non-hydrogen) atoms. The molecule has 8 heteroatoms. The number of carbonyl (C=O) groups is 1. The molecule has 174 valence electrons. The van der Waals surface area contributed by atoms with E-state index in [2.05, 4.69) is 37.1 Å². The molecule has 1 atom stereocenters. The predicted molar refractivity (Wildman–Crippen MR) is 132 cm³/mol. The van der Waals surface area contributed by atoms with E-state index in [4.69, 9.17) is 4.74 Å². The highest BCUT2D eigenvalue weighted by molar-refractivity contribution is 8.00. The van der Waals surface area contributed by atoms with E-state index in [9.17, 15) is 4.79 Å². The molecule has 1 aliphatic heterocycles. The fourth-order valence-electron chi connectivity index (χ4n) is 3.85. The Morgan fingerprint density at radius 1 is 1.06 bits per heavy atom. The Hall–Kier alpha value is -2.84. The lowest BCUT2D eigenvalue weighted by Gasteiger charge is -2.17. The first kappa shape index (κ1) is 23.3. The standard InChI is InChI=1S/C25H31N5O2S/c1-3-32-22-13-11-21(12-14-22)26-24(31)19(2)33-25-28-27-23(18-29-15-7-8-16-29)30(25)17-20-9-5-4-6-10-20/h4-6,9-14,19H,3,7-8,15-18H2,1-2H3,(H,26,31). The highest BCUT2D eigenvalue weighted by Crippen LogP contribution is 2.26. The van der Waals surface area contributed by atoms with E-state index in [1.54, 1.807) is 0 Å². The first-order valence-electron chi connectivity index (χ1n) is 11.5. The summed E-state index contributed by atoms with van der Waals surface area (Å²) < 4.78 is 7.62. The highest BCUT2D eigenvalue weighted by atomic mass is 32.2. The van der Waals surface area contributed by atoms with Gasteiger partial charge in [-0.15, -0.1) is 10.2 Å². The van der Waals surface area contributed by atoms with Crippen LogP contribution in [-0.4, -0.2) is 50.5 Å². The lowest BCUT2D eigenvalue weighted by atomic mass is 10.2. The van der Waals surface area contributed by atoms with Crippen LogP contribution in [0.25, 0.3) is 0 Å². The maximum atomic E-state index is 12.9. The van der Waals surface area contributed by atoms with Gasteiger partial charge in [-0.05, 0) is 69.6 Å². The van der Waals surface area contributed by atoms with Crippen LogP contribution < -0.4 is 10.1 Å². The van der Waals surface area contributed by atoms with Crippen molar-refractivity contribution in [3.63, 3.8) is 0 Å². The molecule has 1 aliphatic rings. The fraction of sp³-hybridized carbons (Fsp3) is 0.400. The zero-order valence-electron chi connectivity index (χ0n) is 19.2. The molecule has 1 fully saturated rings. The lowest BCUT2D eigenvalue weighted by molar-refractivity contribution is -0.115. The van der Waals surface area contributed by atoms with Gasteiger partial charge >= 0.3 is 0 Å². The maximum absolute atomic E-state index is 12.9. The minimum Gasteiger partial charge on any atom is -0.494 e. The molecule has 7 nitrogen and oxygen atoms in total. The summed E-state index contributed by atoms with van der Waals surface area (Å²) in [6, 6.07) is 17.7.